The number of piperidine rings is 1. The summed E-state index contributed by atoms with van der Waals surface area (Å²) >= 11 is 0. The maximum Gasteiger partial charge on any atom is 0.0236 e. The molecule has 2 heteroatoms. The van der Waals surface area contributed by atoms with E-state index in [9.17, 15) is 0 Å². The summed E-state index contributed by atoms with van der Waals surface area (Å²) in [5.74, 6) is 0. The van der Waals surface area contributed by atoms with Crippen molar-refractivity contribution in [1.29, 1.82) is 0 Å². The van der Waals surface area contributed by atoms with Gasteiger partial charge in [-0.05, 0) is 24.8 Å². The van der Waals surface area contributed by atoms with Crippen LogP contribution in [-0.4, -0.2) is 23.5 Å². The molecule has 1 aromatic rings. The van der Waals surface area contributed by atoms with Gasteiger partial charge in [0.25, 0.3) is 0 Å². The molecule has 0 aromatic heterocycles. The first-order chi connectivity index (χ1) is 7.79. The van der Waals surface area contributed by atoms with Crippen molar-refractivity contribution in [2.45, 2.75) is 44.8 Å². The van der Waals surface area contributed by atoms with Crippen LogP contribution >= 0.6 is 0 Å². The molecule has 0 aliphatic carbocycles. The number of hydrogen-bond donors (Lipinski definition) is 1. The SMILES string of the molecule is CCC1CC(N)CCN1Cc1ccccc1. The van der Waals surface area contributed by atoms with Gasteiger partial charge in [0, 0.05) is 25.2 Å². The van der Waals surface area contributed by atoms with E-state index < -0.39 is 0 Å². The Hall–Kier alpha value is -0.860. The van der Waals surface area contributed by atoms with Crippen LogP contribution in [0.1, 0.15) is 31.7 Å². The fourth-order valence-corrected chi connectivity index (χ4v) is 2.58. The van der Waals surface area contributed by atoms with Crippen molar-refractivity contribution in [2.24, 2.45) is 5.73 Å². The Balaban J connectivity index is 1.98. The molecule has 16 heavy (non-hydrogen) atoms. The molecule has 1 heterocycles. The Kier molecular flexibility index (Phi) is 3.97. The lowest BCUT2D eigenvalue weighted by Crippen LogP contribution is -2.46. The zero-order chi connectivity index (χ0) is 11.4. The molecule has 1 aromatic carbocycles. The van der Waals surface area contributed by atoms with Crippen LogP contribution in [0, 0.1) is 0 Å². The monoisotopic (exact) mass is 218 g/mol. The van der Waals surface area contributed by atoms with E-state index in [1.807, 2.05) is 0 Å². The minimum atomic E-state index is 0.414. The topological polar surface area (TPSA) is 29.3 Å². The van der Waals surface area contributed by atoms with Gasteiger partial charge in [0.1, 0.15) is 0 Å². The van der Waals surface area contributed by atoms with Crippen LogP contribution in [0.3, 0.4) is 0 Å². The Morgan fingerprint density at radius 3 is 2.75 bits per heavy atom. The summed E-state index contributed by atoms with van der Waals surface area (Å²) in [7, 11) is 0. The average Bonchev–Trinajstić information content (AvgIpc) is 2.33. The van der Waals surface area contributed by atoms with Crippen molar-refractivity contribution in [3.63, 3.8) is 0 Å². The fraction of sp³-hybridized carbons (Fsp3) is 0.571. The van der Waals surface area contributed by atoms with Gasteiger partial charge in [0.2, 0.25) is 0 Å². The summed E-state index contributed by atoms with van der Waals surface area (Å²) in [5, 5.41) is 0. The molecule has 1 aliphatic heterocycles. The van der Waals surface area contributed by atoms with Gasteiger partial charge in [0.15, 0.2) is 0 Å². The summed E-state index contributed by atoms with van der Waals surface area (Å²) in [4.78, 5) is 2.58. The van der Waals surface area contributed by atoms with Crippen LogP contribution < -0.4 is 5.73 Å². The van der Waals surface area contributed by atoms with Crippen LogP contribution in [0.4, 0.5) is 0 Å². The third-order valence-electron chi connectivity index (χ3n) is 3.58. The summed E-state index contributed by atoms with van der Waals surface area (Å²) in [6, 6.07) is 11.8. The number of benzene rings is 1. The first kappa shape index (κ1) is 11.6. The molecular formula is C14H22N2. The average molecular weight is 218 g/mol. The van der Waals surface area contributed by atoms with Gasteiger partial charge in [-0.1, -0.05) is 37.3 Å². The number of nitrogens with zero attached hydrogens (tertiary/aromatic N) is 1. The Morgan fingerprint density at radius 1 is 1.31 bits per heavy atom. The normalized spacial score (nSPS) is 26.9. The van der Waals surface area contributed by atoms with Crippen molar-refractivity contribution in [3.8, 4) is 0 Å². The predicted octanol–water partition coefficient (Wildman–Crippen LogP) is 2.39. The highest BCUT2D eigenvalue weighted by Gasteiger charge is 2.24. The van der Waals surface area contributed by atoms with E-state index in [1.165, 1.54) is 12.0 Å². The lowest BCUT2D eigenvalue weighted by atomic mass is 9.95. The van der Waals surface area contributed by atoms with E-state index >= 15 is 0 Å². The molecule has 88 valence electrons. The predicted molar refractivity (Wildman–Crippen MR) is 68.1 cm³/mol. The maximum absolute atomic E-state index is 6.03. The summed E-state index contributed by atoms with van der Waals surface area (Å²) in [5.41, 5.74) is 7.44. The van der Waals surface area contributed by atoms with Gasteiger partial charge >= 0.3 is 0 Å². The van der Waals surface area contributed by atoms with Crippen LogP contribution in [0.15, 0.2) is 30.3 Å². The van der Waals surface area contributed by atoms with E-state index in [0.717, 1.165) is 25.9 Å². The molecule has 2 N–H and O–H groups in total. The fourth-order valence-electron chi connectivity index (χ4n) is 2.58. The quantitative estimate of drug-likeness (QED) is 0.844. The lowest BCUT2D eigenvalue weighted by Gasteiger charge is -2.38. The molecule has 1 aliphatic rings. The first-order valence-corrected chi connectivity index (χ1v) is 6.33. The number of rotatable bonds is 3. The molecule has 0 amide bonds. The molecule has 2 unspecified atom stereocenters. The number of likely N-dealkylation sites (tertiary alicyclic amines) is 1. The van der Waals surface area contributed by atoms with Crippen molar-refractivity contribution in [1.82, 2.24) is 4.90 Å². The van der Waals surface area contributed by atoms with E-state index in [4.69, 9.17) is 5.73 Å². The summed E-state index contributed by atoms with van der Waals surface area (Å²) < 4.78 is 0. The number of hydrogen-bond acceptors (Lipinski definition) is 2. The summed E-state index contributed by atoms with van der Waals surface area (Å²) in [6.07, 6.45) is 3.51. The molecule has 1 fully saturated rings. The second-order valence-electron chi connectivity index (χ2n) is 4.80. The Labute approximate surface area is 98.4 Å². The highest BCUT2D eigenvalue weighted by Crippen LogP contribution is 2.21. The molecule has 0 bridgehead atoms. The van der Waals surface area contributed by atoms with Gasteiger partial charge in [-0.15, -0.1) is 0 Å². The second kappa shape index (κ2) is 5.46. The zero-order valence-corrected chi connectivity index (χ0v) is 10.1. The van der Waals surface area contributed by atoms with Crippen LogP contribution in [0.5, 0.6) is 0 Å². The summed E-state index contributed by atoms with van der Waals surface area (Å²) in [6.45, 7) is 4.49. The molecule has 0 spiro atoms. The molecule has 2 rings (SSSR count). The van der Waals surface area contributed by atoms with E-state index in [2.05, 4.69) is 42.2 Å². The van der Waals surface area contributed by atoms with Crippen molar-refractivity contribution >= 4 is 0 Å². The van der Waals surface area contributed by atoms with E-state index in [-0.39, 0.29) is 0 Å². The third-order valence-corrected chi connectivity index (χ3v) is 3.58. The minimum Gasteiger partial charge on any atom is -0.328 e. The largest absolute Gasteiger partial charge is 0.328 e. The van der Waals surface area contributed by atoms with Crippen molar-refractivity contribution in [2.75, 3.05) is 6.54 Å². The molecule has 0 radical (unpaired) electrons. The van der Waals surface area contributed by atoms with Gasteiger partial charge in [-0.2, -0.15) is 0 Å². The van der Waals surface area contributed by atoms with Gasteiger partial charge in [-0.3, -0.25) is 4.90 Å². The number of nitrogens with two attached hydrogens (primary N) is 1. The van der Waals surface area contributed by atoms with E-state index in [1.54, 1.807) is 0 Å². The van der Waals surface area contributed by atoms with Crippen molar-refractivity contribution < 1.29 is 0 Å². The highest BCUT2D eigenvalue weighted by molar-refractivity contribution is 5.14. The highest BCUT2D eigenvalue weighted by atomic mass is 15.2. The minimum absolute atomic E-state index is 0.414. The van der Waals surface area contributed by atoms with Gasteiger partial charge < -0.3 is 5.73 Å². The smallest absolute Gasteiger partial charge is 0.0236 e. The van der Waals surface area contributed by atoms with Crippen molar-refractivity contribution in [3.05, 3.63) is 35.9 Å². The lowest BCUT2D eigenvalue weighted by molar-refractivity contribution is 0.124. The molecule has 0 saturated carbocycles. The molecule has 2 nitrogen and oxygen atoms in total. The van der Waals surface area contributed by atoms with Crippen LogP contribution in [-0.2, 0) is 6.54 Å². The van der Waals surface area contributed by atoms with Gasteiger partial charge in [0.05, 0.1) is 0 Å². The second-order valence-corrected chi connectivity index (χ2v) is 4.80. The molecule has 2 atom stereocenters. The third kappa shape index (κ3) is 2.83. The van der Waals surface area contributed by atoms with Crippen LogP contribution in [0.2, 0.25) is 0 Å². The van der Waals surface area contributed by atoms with E-state index in [0.29, 0.717) is 12.1 Å². The van der Waals surface area contributed by atoms with Gasteiger partial charge in [-0.25, -0.2) is 0 Å². The zero-order valence-electron chi connectivity index (χ0n) is 10.1. The maximum atomic E-state index is 6.03. The van der Waals surface area contributed by atoms with Crippen LogP contribution in [0.25, 0.3) is 0 Å². The molecule has 1 saturated heterocycles. The molecular weight excluding hydrogens is 196 g/mol. The Morgan fingerprint density at radius 2 is 2.06 bits per heavy atom. The first-order valence-electron chi connectivity index (χ1n) is 6.33. The standard InChI is InChI=1S/C14H22N2/c1-2-14-10-13(15)8-9-16(14)11-12-6-4-3-5-7-12/h3-7,13-14H,2,8-11,15H2,1H3. The Bertz CT molecular complexity index is 310.